The molecule has 0 fully saturated rings. The Hall–Kier alpha value is -2.98. The van der Waals surface area contributed by atoms with Crippen molar-refractivity contribution in [3.63, 3.8) is 0 Å². The molecule has 3 aromatic rings. The average molecular weight is 338 g/mol. The van der Waals surface area contributed by atoms with Crippen molar-refractivity contribution in [3.8, 4) is 6.07 Å². The highest BCUT2D eigenvalue weighted by atomic mass is 32.1. The van der Waals surface area contributed by atoms with Crippen LogP contribution < -0.4 is 10.9 Å². The van der Waals surface area contributed by atoms with Crippen molar-refractivity contribution in [1.29, 1.82) is 5.26 Å². The summed E-state index contributed by atoms with van der Waals surface area (Å²) in [5.74, 6) is -0.445. The monoisotopic (exact) mass is 338 g/mol. The molecule has 7 heteroatoms. The van der Waals surface area contributed by atoms with Crippen LogP contribution in [0.4, 0.5) is 5.00 Å². The molecule has 0 saturated heterocycles. The number of amides is 1. The van der Waals surface area contributed by atoms with E-state index in [9.17, 15) is 14.9 Å². The van der Waals surface area contributed by atoms with Crippen LogP contribution in [0.15, 0.2) is 29.1 Å². The topological polar surface area (TPSA) is 87.8 Å². The van der Waals surface area contributed by atoms with Crippen molar-refractivity contribution in [3.05, 3.63) is 56.3 Å². The van der Waals surface area contributed by atoms with Crippen molar-refractivity contribution in [2.24, 2.45) is 7.05 Å². The summed E-state index contributed by atoms with van der Waals surface area (Å²) in [6, 6.07) is 8.96. The van der Waals surface area contributed by atoms with Gasteiger partial charge in [-0.15, -0.1) is 11.3 Å². The van der Waals surface area contributed by atoms with E-state index in [1.807, 2.05) is 13.8 Å². The fraction of sp³-hybridized carbons (Fsp3) is 0.176. The first-order valence-electron chi connectivity index (χ1n) is 7.21. The van der Waals surface area contributed by atoms with E-state index in [0.717, 1.165) is 15.1 Å². The van der Waals surface area contributed by atoms with Crippen LogP contribution in [-0.4, -0.2) is 15.7 Å². The second-order valence-electron chi connectivity index (χ2n) is 5.38. The van der Waals surface area contributed by atoms with Crippen LogP contribution in [0.5, 0.6) is 0 Å². The molecule has 0 saturated carbocycles. The lowest BCUT2D eigenvalue weighted by molar-refractivity contribution is 0.102. The van der Waals surface area contributed by atoms with Crippen molar-refractivity contribution in [2.45, 2.75) is 13.8 Å². The summed E-state index contributed by atoms with van der Waals surface area (Å²) < 4.78 is 1.15. The highest BCUT2D eigenvalue weighted by Crippen LogP contribution is 2.32. The molecule has 0 aliphatic carbocycles. The molecule has 1 aromatic carbocycles. The number of carbonyl (C=O) groups excluding carboxylic acids is 1. The summed E-state index contributed by atoms with van der Waals surface area (Å²) in [5.41, 5.74) is 1.21. The number of nitrogens with zero attached hydrogens (tertiary/aromatic N) is 3. The van der Waals surface area contributed by atoms with Gasteiger partial charge in [0.1, 0.15) is 11.1 Å². The van der Waals surface area contributed by atoms with Gasteiger partial charge in [0.15, 0.2) is 5.69 Å². The molecule has 0 atom stereocenters. The van der Waals surface area contributed by atoms with Crippen LogP contribution in [-0.2, 0) is 7.05 Å². The van der Waals surface area contributed by atoms with Gasteiger partial charge in [0.05, 0.1) is 10.9 Å². The molecule has 2 aromatic heterocycles. The van der Waals surface area contributed by atoms with E-state index in [0.29, 0.717) is 21.3 Å². The predicted molar refractivity (Wildman–Crippen MR) is 93.4 cm³/mol. The van der Waals surface area contributed by atoms with E-state index in [1.165, 1.54) is 18.4 Å². The van der Waals surface area contributed by atoms with Crippen molar-refractivity contribution in [2.75, 3.05) is 5.32 Å². The quantitative estimate of drug-likeness (QED) is 0.778. The number of carbonyl (C=O) groups is 1. The largest absolute Gasteiger partial charge is 0.311 e. The van der Waals surface area contributed by atoms with Crippen LogP contribution in [0.3, 0.4) is 0 Å². The maximum Gasteiger partial charge on any atom is 0.277 e. The third-order valence-corrected chi connectivity index (χ3v) is 5.02. The first-order valence-corrected chi connectivity index (χ1v) is 8.03. The van der Waals surface area contributed by atoms with E-state index in [1.54, 1.807) is 24.3 Å². The molecule has 3 rings (SSSR count). The van der Waals surface area contributed by atoms with E-state index in [-0.39, 0.29) is 11.3 Å². The summed E-state index contributed by atoms with van der Waals surface area (Å²) in [6.45, 7) is 3.75. The Bertz CT molecular complexity index is 1070. The fourth-order valence-corrected chi connectivity index (χ4v) is 3.49. The molecule has 0 unspecified atom stereocenters. The second-order valence-corrected chi connectivity index (χ2v) is 6.60. The number of aryl methyl sites for hydroxylation is 2. The molecule has 2 heterocycles. The van der Waals surface area contributed by atoms with Gasteiger partial charge in [0, 0.05) is 17.3 Å². The first-order chi connectivity index (χ1) is 11.4. The number of benzene rings is 1. The highest BCUT2D eigenvalue weighted by molar-refractivity contribution is 7.16. The van der Waals surface area contributed by atoms with Crippen molar-refractivity contribution >= 4 is 33.0 Å². The van der Waals surface area contributed by atoms with Gasteiger partial charge in [-0.2, -0.15) is 10.4 Å². The minimum atomic E-state index is -0.445. The lowest BCUT2D eigenvalue weighted by Crippen LogP contribution is -2.25. The molecule has 1 N–H and O–H groups in total. The summed E-state index contributed by atoms with van der Waals surface area (Å²) in [5, 5.41) is 17.6. The van der Waals surface area contributed by atoms with E-state index < -0.39 is 5.91 Å². The van der Waals surface area contributed by atoms with Crippen LogP contribution in [0.25, 0.3) is 10.8 Å². The number of hydrogen-bond donors (Lipinski definition) is 1. The molecule has 6 nitrogen and oxygen atoms in total. The summed E-state index contributed by atoms with van der Waals surface area (Å²) in [4.78, 5) is 25.8. The Morgan fingerprint density at radius 2 is 1.96 bits per heavy atom. The molecule has 0 aliphatic rings. The molecular formula is C17H14N4O2S. The van der Waals surface area contributed by atoms with Gasteiger partial charge in [0.25, 0.3) is 11.5 Å². The maximum absolute atomic E-state index is 12.7. The third-order valence-electron chi connectivity index (χ3n) is 3.90. The molecule has 0 bridgehead atoms. The minimum absolute atomic E-state index is 0.153. The van der Waals surface area contributed by atoms with Gasteiger partial charge in [-0.25, -0.2) is 4.68 Å². The van der Waals surface area contributed by atoms with Gasteiger partial charge >= 0.3 is 0 Å². The lowest BCUT2D eigenvalue weighted by atomic mass is 10.1. The van der Waals surface area contributed by atoms with Crippen LogP contribution >= 0.6 is 11.3 Å². The molecule has 0 spiro atoms. The number of nitriles is 1. The zero-order chi connectivity index (χ0) is 17.4. The van der Waals surface area contributed by atoms with Crippen LogP contribution in [0, 0.1) is 25.2 Å². The van der Waals surface area contributed by atoms with Gasteiger partial charge in [-0.05, 0) is 25.5 Å². The van der Waals surface area contributed by atoms with Gasteiger partial charge in [-0.3, -0.25) is 9.59 Å². The van der Waals surface area contributed by atoms with Crippen LogP contribution in [0.2, 0.25) is 0 Å². The third kappa shape index (κ3) is 2.47. The Morgan fingerprint density at radius 3 is 2.62 bits per heavy atom. The summed E-state index contributed by atoms with van der Waals surface area (Å²) >= 11 is 1.35. The first kappa shape index (κ1) is 15.9. The number of hydrogen-bond acceptors (Lipinski definition) is 5. The Kier molecular flexibility index (Phi) is 3.91. The summed E-state index contributed by atoms with van der Waals surface area (Å²) in [6.07, 6.45) is 0. The van der Waals surface area contributed by atoms with Gasteiger partial charge in [0.2, 0.25) is 0 Å². The second kappa shape index (κ2) is 5.91. The number of fused-ring (bicyclic) bond motifs is 1. The van der Waals surface area contributed by atoms with Crippen molar-refractivity contribution in [1.82, 2.24) is 9.78 Å². The molecule has 0 aliphatic heterocycles. The van der Waals surface area contributed by atoms with E-state index >= 15 is 0 Å². The zero-order valence-corrected chi connectivity index (χ0v) is 14.2. The van der Waals surface area contributed by atoms with Crippen LogP contribution in [0.1, 0.15) is 26.5 Å². The number of thiophene rings is 1. The molecule has 120 valence electrons. The molecule has 24 heavy (non-hydrogen) atoms. The fourth-order valence-electron chi connectivity index (χ4n) is 2.48. The van der Waals surface area contributed by atoms with Gasteiger partial charge in [-0.1, -0.05) is 18.2 Å². The predicted octanol–water partition coefficient (Wildman–Crippen LogP) is 2.74. The SMILES string of the molecule is Cc1sc(NC(=O)c2nn(C)c(=O)c3ccccc23)c(C#N)c1C. The number of aromatic nitrogens is 2. The zero-order valence-electron chi connectivity index (χ0n) is 13.4. The number of anilines is 1. The molecular weight excluding hydrogens is 324 g/mol. The maximum atomic E-state index is 12.7. The Morgan fingerprint density at radius 1 is 1.29 bits per heavy atom. The lowest BCUT2D eigenvalue weighted by Gasteiger charge is -2.08. The average Bonchev–Trinajstić information content (AvgIpc) is 2.84. The smallest absolute Gasteiger partial charge is 0.277 e. The van der Waals surface area contributed by atoms with E-state index in [2.05, 4.69) is 16.5 Å². The normalized spacial score (nSPS) is 10.6. The number of nitrogens with one attached hydrogen (secondary N) is 1. The Balaban J connectivity index is 2.11. The van der Waals surface area contributed by atoms with E-state index in [4.69, 9.17) is 0 Å². The van der Waals surface area contributed by atoms with Crippen molar-refractivity contribution < 1.29 is 4.79 Å². The molecule has 1 amide bonds. The summed E-state index contributed by atoms with van der Waals surface area (Å²) in [7, 11) is 1.51. The standard InChI is InChI=1S/C17H14N4O2S/c1-9-10(2)24-16(13(9)8-18)19-15(22)14-11-6-4-5-7-12(11)17(23)21(3)20-14/h4-7H,1-3H3,(H,19,22). The number of rotatable bonds is 2. The van der Waals surface area contributed by atoms with Gasteiger partial charge < -0.3 is 5.32 Å². The molecule has 0 radical (unpaired) electrons. The minimum Gasteiger partial charge on any atom is -0.311 e. The Labute approximate surface area is 142 Å². The highest BCUT2D eigenvalue weighted by Gasteiger charge is 2.19.